The van der Waals surface area contributed by atoms with Crippen LogP contribution in [0.15, 0.2) is 6.20 Å². The molecular formula is C16H22N4O3. The van der Waals surface area contributed by atoms with E-state index in [1.807, 2.05) is 13.8 Å². The summed E-state index contributed by atoms with van der Waals surface area (Å²) in [6, 6.07) is -0.900. The van der Waals surface area contributed by atoms with E-state index >= 15 is 0 Å². The van der Waals surface area contributed by atoms with Crippen molar-refractivity contribution < 1.29 is 14.7 Å². The second-order valence-electron chi connectivity index (χ2n) is 6.10. The molecule has 1 aromatic rings. The summed E-state index contributed by atoms with van der Waals surface area (Å²) in [6.45, 7) is 4.28. The van der Waals surface area contributed by atoms with Crippen molar-refractivity contribution in [3.05, 3.63) is 17.7 Å². The van der Waals surface area contributed by atoms with Gasteiger partial charge in [0.05, 0.1) is 12.2 Å². The number of nitrogens with one attached hydrogen (secondary N) is 1. The van der Waals surface area contributed by atoms with Crippen LogP contribution in [0, 0.1) is 18.3 Å². The number of aromatic amines is 1. The van der Waals surface area contributed by atoms with E-state index < -0.39 is 12.1 Å². The van der Waals surface area contributed by atoms with Crippen molar-refractivity contribution in [1.29, 1.82) is 0 Å². The Labute approximate surface area is 135 Å². The predicted molar refractivity (Wildman–Crippen MR) is 84.6 cm³/mol. The van der Waals surface area contributed by atoms with Gasteiger partial charge in [-0.3, -0.25) is 9.69 Å². The largest absolute Gasteiger partial charge is 0.465 e. The molecule has 1 aliphatic rings. The van der Waals surface area contributed by atoms with Gasteiger partial charge >= 0.3 is 6.09 Å². The van der Waals surface area contributed by atoms with Crippen molar-refractivity contribution in [2.75, 3.05) is 13.6 Å². The number of H-pyrrole nitrogens is 1. The molecule has 2 N–H and O–H groups in total. The Hall–Kier alpha value is -2.49. The maximum absolute atomic E-state index is 12.9. The Morgan fingerprint density at radius 1 is 1.57 bits per heavy atom. The highest BCUT2D eigenvalue weighted by Gasteiger charge is 2.39. The lowest BCUT2D eigenvalue weighted by molar-refractivity contribution is -0.138. The molecule has 1 aromatic heterocycles. The molecule has 0 radical (unpaired) electrons. The first-order chi connectivity index (χ1) is 10.9. The smallest absolute Gasteiger partial charge is 0.407 e. The molecular weight excluding hydrogens is 296 g/mol. The average Bonchev–Trinajstić information content (AvgIpc) is 3.15. The van der Waals surface area contributed by atoms with Gasteiger partial charge in [0.1, 0.15) is 17.6 Å². The topological polar surface area (TPSA) is 89.5 Å². The molecule has 124 valence electrons. The number of likely N-dealkylation sites (tertiary alicyclic amines) is 1. The molecule has 2 unspecified atom stereocenters. The summed E-state index contributed by atoms with van der Waals surface area (Å²) >= 11 is 0. The first-order valence-corrected chi connectivity index (χ1v) is 7.64. The number of likely N-dealkylation sites (N-methyl/N-ethyl adjacent to an activating group) is 1. The van der Waals surface area contributed by atoms with Gasteiger partial charge in [-0.1, -0.05) is 19.8 Å². The lowest BCUT2D eigenvalue weighted by atomic mass is 10.0. The van der Waals surface area contributed by atoms with Gasteiger partial charge in [-0.15, -0.1) is 6.42 Å². The van der Waals surface area contributed by atoms with Crippen molar-refractivity contribution >= 4 is 12.0 Å². The van der Waals surface area contributed by atoms with Crippen LogP contribution >= 0.6 is 0 Å². The molecule has 2 heterocycles. The van der Waals surface area contributed by atoms with E-state index in [2.05, 4.69) is 15.9 Å². The lowest BCUT2D eigenvalue weighted by Crippen LogP contribution is -2.51. The number of carbonyl (C=O) groups is 2. The standard InChI is InChI=1S/C16H22N4O3/c1-5-11-9-17-14(18-11)12-7-6-8-20(12)15(21)13(10(2)3)19(4)16(22)23/h1,9-10,12-13H,6-8H2,2-4H3,(H,17,18)(H,22,23). The molecule has 1 fully saturated rings. The Morgan fingerprint density at radius 2 is 2.26 bits per heavy atom. The summed E-state index contributed by atoms with van der Waals surface area (Å²) in [5.74, 6) is 2.83. The Balaban J connectivity index is 2.25. The van der Waals surface area contributed by atoms with Gasteiger partial charge in [0, 0.05) is 13.6 Å². The number of imidazole rings is 1. The van der Waals surface area contributed by atoms with Crippen LogP contribution in [0.3, 0.4) is 0 Å². The summed E-state index contributed by atoms with van der Waals surface area (Å²) in [5.41, 5.74) is 0.572. The molecule has 0 aromatic carbocycles. The maximum atomic E-state index is 12.9. The van der Waals surface area contributed by atoms with Crippen molar-refractivity contribution in [3.8, 4) is 12.3 Å². The third-order valence-electron chi connectivity index (χ3n) is 4.21. The summed E-state index contributed by atoms with van der Waals surface area (Å²) in [6.07, 6.45) is 7.44. The minimum absolute atomic E-state index is 0.122. The summed E-state index contributed by atoms with van der Waals surface area (Å²) in [5, 5.41) is 9.23. The van der Waals surface area contributed by atoms with Crippen molar-refractivity contribution in [2.45, 2.75) is 38.8 Å². The second kappa shape index (κ2) is 6.73. The zero-order valence-electron chi connectivity index (χ0n) is 13.6. The van der Waals surface area contributed by atoms with Gasteiger partial charge in [0.15, 0.2) is 0 Å². The van der Waals surface area contributed by atoms with Crippen molar-refractivity contribution in [3.63, 3.8) is 0 Å². The average molecular weight is 318 g/mol. The molecule has 7 heteroatoms. The van der Waals surface area contributed by atoms with E-state index in [9.17, 15) is 14.7 Å². The summed E-state index contributed by atoms with van der Waals surface area (Å²) in [7, 11) is 1.43. The highest BCUT2D eigenvalue weighted by Crippen LogP contribution is 2.32. The van der Waals surface area contributed by atoms with Crippen LogP contribution in [0.25, 0.3) is 0 Å². The number of nitrogens with zero attached hydrogens (tertiary/aromatic N) is 3. The maximum Gasteiger partial charge on any atom is 0.407 e. The zero-order valence-corrected chi connectivity index (χ0v) is 13.6. The fraction of sp³-hybridized carbons (Fsp3) is 0.562. The molecule has 2 rings (SSSR count). The normalized spacial score (nSPS) is 18.7. The van der Waals surface area contributed by atoms with E-state index in [1.54, 1.807) is 11.1 Å². The number of carboxylic acid groups (broad SMARTS) is 1. The van der Waals surface area contributed by atoms with Crippen LogP contribution in [0.4, 0.5) is 4.79 Å². The van der Waals surface area contributed by atoms with Crippen LogP contribution in [0.2, 0.25) is 0 Å². The van der Waals surface area contributed by atoms with Crippen molar-refractivity contribution in [1.82, 2.24) is 19.8 Å². The second-order valence-corrected chi connectivity index (χ2v) is 6.10. The third kappa shape index (κ3) is 3.31. The Kier molecular flexibility index (Phi) is 4.94. The number of amides is 2. The number of terminal acetylenes is 1. The Morgan fingerprint density at radius 3 is 2.78 bits per heavy atom. The van der Waals surface area contributed by atoms with Crippen LogP contribution in [0.1, 0.15) is 44.2 Å². The number of aromatic nitrogens is 2. The zero-order chi connectivity index (χ0) is 17.1. The molecule has 0 aliphatic carbocycles. The van der Waals surface area contributed by atoms with Gasteiger partial charge in [0.2, 0.25) is 5.91 Å². The molecule has 1 aliphatic heterocycles. The molecule has 7 nitrogen and oxygen atoms in total. The number of carbonyl (C=O) groups excluding carboxylic acids is 1. The Bertz CT molecular complexity index is 632. The van der Waals surface area contributed by atoms with Crippen LogP contribution in [-0.4, -0.2) is 56.5 Å². The molecule has 0 saturated carbocycles. The summed E-state index contributed by atoms with van der Waals surface area (Å²) in [4.78, 5) is 34.3. The van der Waals surface area contributed by atoms with Crippen LogP contribution < -0.4 is 0 Å². The lowest BCUT2D eigenvalue weighted by Gasteiger charge is -2.33. The highest BCUT2D eigenvalue weighted by atomic mass is 16.4. The van der Waals surface area contributed by atoms with E-state index in [0.29, 0.717) is 18.1 Å². The van der Waals surface area contributed by atoms with Gasteiger partial charge in [-0.05, 0) is 18.8 Å². The molecule has 2 amide bonds. The number of hydrogen-bond acceptors (Lipinski definition) is 3. The summed E-state index contributed by atoms with van der Waals surface area (Å²) < 4.78 is 0. The molecule has 0 spiro atoms. The SMILES string of the molecule is C#Cc1cnc(C2CCCN2C(=O)C(C(C)C)N(C)C(=O)O)[nH]1. The first-order valence-electron chi connectivity index (χ1n) is 7.64. The number of hydrogen-bond donors (Lipinski definition) is 2. The van der Waals surface area contributed by atoms with E-state index in [-0.39, 0.29) is 17.9 Å². The molecule has 23 heavy (non-hydrogen) atoms. The van der Waals surface area contributed by atoms with Crippen LogP contribution in [-0.2, 0) is 4.79 Å². The molecule has 1 saturated heterocycles. The fourth-order valence-electron chi connectivity index (χ4n) is 3.08. The van der Waals surface area contributed by atoms with E-state index in [4.69, 9.17) is 6.42 Å². The highest BCUT2D eigenvalue weighted by molar-refractivity contribution is 5.86. The quantitative estimate of drug-likeness (QED) is 0.827. The van der Waals surface area contributed by atoms with Crippen molar-refractivity contribution in [2.24, 2.45) is 5.92 Å². The number of rotatable bonds is 4. The van der Waals surface area contributed by atoms with Crippen LogP contribution in [0.5, 0.6) is 0 Å². The van der Waals surface area contributed by atoms with E-state index in [0.717, 1.165) is 17.7 Å². The van der Waals surface area contributed by atoms with Gasteiger partial charge in [0.25, 0.3) is 0 Å². The van der Waals surface area contributed by atoms with Gasteiger partial charge < -0.3 is 15.0 Å². The first kappa shape index (κ1) is 16.9. The minimum Gasteiger partial charge on any atom is -0.465 e. The van der Waals surface area contributed by atoms with Gasteiger partial charge in [-0.2, -0.15) is 0 Å². The van der Waals surface area contributed by atoms with Gasteiger partial charge in [-0.25, -0.2) is 9.78 Å². The fourth-order valence-corrected chi connectivity index (χ4v) is 3.08. The monoisotopic (exact) mass is 318 g/mol. The molecule has 2 atom stereocenters. The minimum atomic E-state index is -1.11. The molecule has 0 bridgehead atoms. The predicted octanol–water partition coefficient (Wildman–Crippen LogP) is 1.69. The van der Waals surface area contributed by atoms with E-state index in [1.165, 1.54) is 7.05 Å². The third-order valence-corrected chi connectivity index (χ3v) is 4.21.